The second kappa shape index (κ2) is 15.6. The van der Waals surface area contributed by atoms with Crippen molar-refractivity contribution in [1.82, 2.24) is 25.5 Å². The Morgan fingerprint density at radius 2 is 1.74 bits per heavy atom. The number of amides is 3. The molecule has 282 valence electrons. The molecule has 4 aliphatic rings. The summed E-state index contributed by atoms with van der Waals surface area (Å²) < 4.78 is 23.2. The van der Waals surface area contributed by atoms with Gasteiger partial charge in [0.05, 0.1) is 36.7 Å². The van der Waals surface area contributed by atoms with Crippen molar-refractivity contribution in [3.63, 3.8) is 0 Å². The van der Waals surface area contributed by atoms with E-state index in [1.807, 2.05) is 29.7 Å². The maximum Gasteiger partial charge on any atom is 0.408 e. The number of nitrogens with one attached hydrogen (secondary N) is 2. The highest BCUT2D eigenvalue weighted by Crippen LogP contribution is 2.45. The number of thiophene rings is 1. The highest BCUT2D eigenvalue weighted by Gasteiger charge is 2.61. The molecular weight excluding hydrogens is 703 g/mol. The van der Waals surface area contributed by atoms with Crippen molar-refractivity contribution < 1.29 is 43.2 Å². The van der Waals surface area contributed by atoms with E-state index >= 15 is 0 Å². The molecule has 0 bridgehead atoms. The number of hydrogen-bond donors (Lipinski definition) is 3. The number of allylic oxidation sites excluding steroid dienone is 1. The summed E-state index contributed by atoms with van der Waals surface area (Å²) in [5, 5.41) is 17.8. The maximum absolute atomic E-state index is 14.5. The molecule has 14 nitrogen and oxygen atoms in total. The first-order valence-electron chi connectivity index (χ1n) is 18.3. The van der Waals surface area contributed by atoms with E-state index in [0.717, 1.165) is 49.8 Å². The van der Waals surface area contributed by atoms with E-state index < -0.39 is 47.6 Å². The van der Waals surface area contributed by atoms with Crippen LogP contribution in [0.15, 0.2) is 41.8 Å². The molecule has 3 N–H and O–H groups in total. The van der Waals surface area contributed by atoms with Crippen LogP contribution in [-0.4, -0.2) is 94.4 Å². The molecule has 53 heavy (non-hydrogen) atoms. The van der Waals surface area contributed by atoms with Gasteiger partial charge in [-0.15, -0.1) is 11.3 Å². The Labute approximate surface area is 311 Å². The summed E-state index contributed by atoms with van der Waals surface area (Å²) in [6.45, 7) is -0.00823. The molecule has 2 aromatic heterocycles. The summed E-state index contributed by atoms with van der Waals surface area (Å²) >= 11 is 1.46. The largest absolute Gasteiger partial charge is 0.493 e. The zero-order valence-corrected chi connectivity index (χ0v) is 30.7. The van der Waals surface area contributed by atoms with Crippen LogP contribution in [0.3, 0.4) is 0 Å². The first kappa shape index (κ1) is 36.4. The summed E-state index contributed by atoms with van der Waals surface area (Å²) in [5.74, 6) is -1.37. The van der Waals surface area contributed by atoms with E-state index in [2.05, 4.69) is 10.6 Å². The molecule has 15 heteroatoms. The minimum absolute atomic E-state index is 0.00823. The Morgan fingerprint density at radius 3 is 2.43 bits per heavy atom. The predicted octanol–water partition coefficient (Wildman–Crippen LogP) is 5.24. The van der Waals surface area contributed by atoms with Crippen molar-refractivity contribution >= 4 is 46.2 Å². The topological polar surface area (TPSA) is 179 Å². The fraction of sp³-hybridized carbons (Fsp3) is 0.526. The number of methoxy groups -OCH3 is 2. The van der Waals surface area contributed by atoms with Gasteiger partial charge in [0.15, 0.2) is 11.5 Å². The van der Waals surface area contributed by atoms with Crippen molar-refractivity contribution in [1.29, 1.82) is 0 Å². The van der Waals surface area contributed by atoms with Gasteiger partial charge in [-0.2, -0.15) is 0 Å². The van der Waals surface area contributed by atoms with Crippen molar-refractivity contribution in [2.75, 3.05) is 20.8 Å². The highest BCUT2D eigenvalue weighted by molar-refractivity contribution is 7.13. The zero-order valence-electron chi connectivity index (χ0n) is 29.9. The van der Waals surface area contributed by atoms with Crippen LogP contribution in [0.4, 0.5) is 4.79 Å². The first-order chi connectivity index (χ1) is 25.7. The molecule has 7 rings (SSSR count). The molecular formula is C38H45N5O9S. The lowest BCUT2D eigenvalue weighted by molar-refractivity contribution is -0.145. The third kappa shape index (κ3) is 7.75. The Bertz CT molecular complexity index is 1880. The number of carboxylic acid groups (broad SMARTS) is 1. The summed E-state index contributed by atoms with van der Waals surface area (Å²) in [7, 11) is 3.07. The number of benzene rings is 1. The van der Waals surface area contributed by atoms with E-state index in [9.17, 15) is 24.3 Å². The summed E-state index contributed by atoms with van der Waals surface area (Å²) in [6.07, 6.45) is 9.51. The number of alkyl carbamates (subject to hydrolysis) is 1. The number of aliphatic carboxylic acids is 1. The van der Waals surface area contributed by atoms with Gasteiger partial charge in [0.1, 0.15) is 35.5 Å². The maximum atomic E-state index is 14.5. The number of carbonyl (C=O) groups is 4. The minimum Gasteiger partial charge on any atom is -0.493 e. The van der Waals surface area contributed by atoms with E-state index in [0.29, 0.717) is 41.1 Å². The number of ether oxygens (including phenoxy) is 4. The molecule has 3 amide bonds. The molecule has 2 aliphatic carbocycles. The molecule has 1 saturated heterocycles. The SMILES string of the molecule is COc1cc2nc(O[C@@H]3C[C@H]4C(=O)N[C@]5(C(=O)O)CC5/C=C\CCCCC[C@@H](NC(=O)OC5CCCC5)C(=O)N4C3)c(-c3cccs3)nc2cc1OC. The normalized spacial score (nSPS) is 27.1. The quantitative estimate of drug-likeness (QED) is 0.257. The van der Waals surface area contributed by atoms with Crippen molar-refractivity contribution in [3.8, 4) is 28.0 Å². The molecule has 0 radical (unpaired) electrons. The number of hydrogen-bond acceptors (Lipinski definition) is 11. The van der Waals surface area contributed by atoms with Crippen LogP contribution in [0.25, 0.3) is 21.6 Å². The molecule has 0 spiro atoms. The second-order valence-corrected chi connectivity index (χ2v) is 15.1. The fourth-order valence-electron chi connectivity index (χ4n) is 7.66. The molecule has 1 aromatic carbocycles. The third-order valence-corrected chi connectivity index (χ3v) is 11.5. The minimum atomic E-state index is -1.46. The Hall–Kier alpha value is -4.92. The van der Waals surface area contributed by atoms with E-state index in [1.54, 1.807) is 19.2 Å². The molecule has 3 fully saturated rings. The molecule has 1 unspecified atom stereocenters. The number of nitrogens with zero attached hydrogens (tertiary/aromatic N) is 3. The van der Waals surface area contributed by atoms with Gasteiger partial charge in [-0.3, -0.25) is 9.59 Å². The smallest absolute Gasteiger partial charge is 0.408 e. The molecule has 2 aliphatic heterocycles. The average Bonchev–Trinajstić information content (AvgIpc) is 3.64. The standard InChI is InChI=1S/C38H45N5O9S/c1-49-29-18-26-27(19-30(29)50-2)40-34(32(39-26)31-15-10-16-53-31)51-24-17-28-33(44)42-38(36(46)47)20-22(38)11-6-4-3-5-7-14-25(35(45)43(28)21-24)41-37(48)52-23-12-8-9-13-23/h6,10-11,15-16,18-19,22-25,28H,3-5,7-9,12-14,17,20-21H2,1-2H3,(H,41,48)(H,42,44)(H,46,47)/b11-6-/t22?,24-,25-,28+,38-/m1/s1. The highest BCUT2D eigenvalue weighted by atomic mass is 32.1. The fourth-order valence-corrected chi connectivity index (χ4v) is 8.37. The van der Waals surface area contributed by atoms with Gasteiger partial charge in [-0.25, -0.2) is 19.6 Å². The molecule has 5 atom stereocenters. The summed E-state index contributed by atoms with van der Waals surface area (Å²) in [5.41, 5.74) is 0.0606. The lowest BCUT2D eigenvalue weighted by Gasteiger charge is -2.29. The van der Waals surface area contributed by atoms with Crippen LogP contribution in [0, 0.1) is 5.92 Å². The summed E-state index contributed by atoms with van der Waals surface area (Å²) in [4.78, 5) is 66.2. The van der Waals surface area contributed by atoms with E-state index in [1.165, 1.54) is 23.3 Å². The second-order valence-electron chi connectivity index (χ2n) is 14.2. The first-order valence-corrected chi connectivity index (χ1v) is 19.2. The van der Waals surface area contributed by atoms with Gasteiger partial charge >= 0.3 is 12.1 Å². The van der Waals surface area contributed by atoms with Crippen LogP contribution in [0.5, 0.6) is 17.4 Å². The van der Waals surface area contributed by atoms with Crippen molar-refractivity contribution in [3.05, 3.63) is 41.8 Å². The Morgan fingerprint density at radius 1 is 1.00 bits per heavy atom. The predicted molar refractivity (Wildman–Crippen MR) is 195 cm³/mol. The Balaban J connectivity index is 1.21. The number of fused-ring (bicyclic) bond motifs is 3. The van der Waals surface area contributed by atoms with Crippen molar-refractivity contribution in [2.45, 2.75) is 100 Å². The van der Waals surface area contributed by atoms with Gasteiger partial charge in [-0.1, -0.05) is 31.1 Å². The molecule has 2 saturated carbocycles. The molecule has 4 heterocycles. The van der Waals surface area contributed by atoms with Crippen LogP contribution >= 0.6 is 11.3 Å². The van der Waals surface area contributed by atoms with Crippen LogP contribution in [-0.2, 0) is 19.1 Å². The monoisotopic (exact) mass is 747 g/mol. The number of carboxylic acids is 1. The lowest BCUT2D eigenvalue weighted by Crippen LogP contribution is -2.56. The van der Waals surface area contributed by atoms with E-state index in [-0.39, 0.29) is 37.3 Å². The Kier molecular flexibility index (Phi) is 10.7. The van der Waals surface area contributed by atoms with Crippen LogP contribution < -0.4 is 24.8 Å². The number of aromatic nitrogens is 2. The van der Waals surface area contributed by atoms with Gasteiger partial charge < -0.3 is 39.6 Å². The van der Waals surface area contributed by atoms with E-state index in [4.69, 9.17) is 28.9 Å². The van der Waals surface area contributed by atoms with Gasteiger partial charge in [0, 0.05) is 24.5 Å². The number of carbonyl (C=O) groups excluding carboxylic acids is 3. The number of rotatable bonds is 8. The van der Waals surface area contributed by atoms with Gasteiger partial charge in [0.25, 0.3) is 0 Å². The van der Waals surface area contributed by atoms with Crippen LogP contribution in [0.1, 0.15) is 70.6 Å². The average molecular weight is 748 g/mol. The molecule has 3 aromatic rings. The van der Waals surface area contributed by atoms with Crippen molar-refractivity contribution in [2.24, 2.45) is 5.92 Å². The summed E-state index contributed by atoms with van der Waals surface area (Å²) in [6, 6.07) is 5.21. The zero-order chi connectivity index (χ0) is 37.1. The van der Waals surface area contributed by atoms with Gasteiger partial charge in [0.2, 0.25) is 17.7 Å². The van der Waals surface area contributed by atoms with Crippen LogP contribution in [0.2, 0.25) is 0 Å². The lowest BCUT2D eigenvalue weighted by atomic mass is 10.0. The third-order valence-electron chi connectivity index (χ3n) is 10.7. The van der Waals surface area contributed by atoms with Gasteiger partial charge in [-0.05, 0) is 62.8 Å².